The van der Waals surface area contributed by atoms with E-state index in [1.807, 2.05) is 0 Å². The Labute approximate surface area is 107 Å². The maximum absolute atomic E-state index is 12.5. The van der Waals surface area contributed by atoms with Crippen molar-refractivity contribution in [1.29, 1.82) is 5.26 Å². The molecule has 0 spiro atoms. The molecule has 0 aliphatic rings. The molecule has 1 rings (SSSR count). The van der Waals surface area contributed by atoms with E-state index in [9.17, 15) is 21.6 Å². The molecule has 17 heavy (non-hydrogen) atoms. The highest BCUT2D eigenvalue weighted by molar-refractivity contribution is 9.10. The molecule has 0 fully saturated rings. The summed E-state index contributed by atoms with van der Waals surface area (Å²) < 4.78 is 59.4. The highest BCUT2D eigenvalue weighted by atomic mass is 79.9. The van der Waals surface area contributed by atoms with Crippen molar-refractivity contribution < 1.29 is 21.6 Å². The molecule has 0 bridgehead atoms. The topological polar surface area (TPSA) is 57.9 Å². The lowest BCUT2D eigenvalue weighted by molar-refractivity contribution is -0.137. The predicted octanol–water partition coefficient (Wildman–Crippen LogP) is 3.27. The van der Waals surface area contributed by atoms with Crippen molar-refractivity contribution in [3.8, 4) is 6.07 Å². The number of halogens is 5. The molecular formula is C8H2BrClF3NO2S. The maximum atomic E-state index is 12.5. The fourth-order valence-electron chi connectivity index (χ4n) is 1.07. The van der Waals surface area contributed by atoms with E-state index in [1.165, 1.54) is 6.07 Å². The van der Waals surface area contributed by atoms with Crippen molar-refractivity contribution in [2.24, 2.45) is 0 Å². The minimum atomic E-state index is -4.83. The first-order valence-electron chi connectivity index (χ1n) is 3.83. The lowest BCUT2D eigenvalue weighted by Crippen LogP contribution is -2.09. The van der Waals surface area contributed by atoms with Gasteiger partial charge < -0.3 is 0 Å². The van der Waals surface area contributed by atoms with Gasteiger partial charge in [-0.05, 0) is 28.1 Å². The summed E-state index contributed by atoms with van der Waals surface area (Å²) in [5.41, 5.74) is -2.03. The molecule has 0 aliphatic heterocycles. The van der Waals surface area contributed by atoms with Gasteiger partial charge in [0, 0.05) is 15.2 Å². The summed E-state index contributed by atoms with van der Waals surface area (Å²) in [5, 5.41) is 8.55. The number of benzene rings is 1. The second kappa shape index (κ2) is 4.48. The van der Waals surface area contributed by atoms with Gasteiger partial charge in [0.1, 0.15) is 0 Å². The Bertz CT molecular complexity index is 606. The second-order valence-electron chi connectivity index (χ2n) is 2.88. The first-order chi connectivity index (χ1) is 7.57. The number of alkyl halides is 3. The van der Waals surface area contributed by atoms with Crippen LogP contribution in [-0.2, 0) is 15.2 Å². The van der Waals surface area contributed by atoms with Gasteiger partial charge in [-0.3, -0.25) is 0 Å². The van der Waals surface area contributed by atoms with Gasteiger partial charge in [-0.2, -0.15) is 18.4 Å². The van der Waals surface area contributed by atoms with Crippen LogP contribution in [0, 0.1) is 11.3 Å². The normalized spacial score (nSPS) is 12.2. The zero-order valence-electron chi connectivity index (χ0n) is 7.72. The summed E-state index contributed by atoms with van der Waals surface area (Å²) in [5.74, 6) is 0. The quantitative estimate of drug-likeness (QED) is 0.732. The zero-order valence-corrected chi connectivity index (χ0v) is 10.9. The van der Waals surface area contributed by atoms with Gasteiger partial charge in [-0.15, -0.1) is 0 Å². The lowest BCUT2D eigenvalue weighted by Gasteiger charge is -2.10. The van der Waals surface area contributed by atoms with Crippen LogP contribution in [0.5, 0.6) is 0 Å². The van der Waals surface area contributed by atoms with Crippen LogP contribution in [0.4, 0.5) is 13.2 Å². The van der Waals surface area contributed by atoms with E-state index < -0.39 is 31.2 Å². The van der Waals surface area contributed by atoms with E-state index in [1.54, 1.807) is 0 Å². The molecule has 0 unspecified atom stereocenters. The molecule has 0 amide bonds. The number of nitrogens with zero attached hydrogens (tertiary/aromatic N) is 1. The Balaban J connectivity index is 3.69. The van der Waals surface area contributed by atoms with Gasteiger partial charge in [0.25, 0.3) is 9.05 Å². The average molecular weight is 349 g/mol. The molecule has 0 aromatic heterocycles. The molecule has 1 aromatic carbocycles. The largest absolute Gasteiger partial charge is 0.417 e. The molecule has 0 saturated heterocycles. The third-order valence-electron chi connectivity index (χ3n) is 1.76. The van der Waals surface area contributed by atoms with Crippen molar-refractivity contribution in [2.45, 2.75) is 11.1 Å². The standard InChI is InChI=1S/C8H2BrClF3NO2S/c9-6-1-4(3-14)5(8(11,12)13)2-7(6)17(10,15)16/h1-2H. The number of hydrogen-bond donors (Lipinski definition) is 0. The fourth-order valence-corrected chi connectivity index (χ4v) is 3.26. The Morgan fingerprint density at radius 2 is 1.88 bits per heavy atom. The molecule has 3 nitrogen and oxygen atoms in total. The fraction of sp³-hybridized carbons (Fsp3) is 0.125. The van der Waals surface area contributed by atoms with E-state index in [4.69, 9.17) is 15.9 Å². The molecule has 0 heterocycles. The van der Waals surface area contributed by atoms with Crippen LogP contribution < -0.4 is 0 Å². The molecule has 0 N–H and O–H groups in total. The van der Waals surface area contributed by atoms with E-state index in [2.05, 4.69) is 15.9 Å². The van der Waals surface area contributed by atoms with Gasteiger partial charge in [-0.25, -0.2) is 8.42 Å². The summed E-state index contributed by atoms with van der Waals surface area (Å²) in [6.07, 6.45) is -4.83. The lowest BCUT2D eigenvalue weighted by atomic mass is 10.1. The van der Waals surface area contributed by atoms with Crippen LogP contribution >= 0.6 is 26.6 Å². The molecule has 0 aliphatic carbocycles. The van der Waals surface area contributed by atoms with Crippen LogP contribution in [0.1, 0.15) is 11.1 Å². The highest BCUT2D eigenvalue weighted by Crippen LogP contribution is 2.37. The van der Waals surface area contributed by atoms with Crippen LogP contribution in [0.3, 0.4) is 0 Å². The smallest absolute Gasteiger partial charge is 0.207 e. The zero-order chi connectivity index (χ0) is 13.4. The molecule has 9 heteroatoms. The van der Waals surface area contributed by atoms with E-state index in [-0.39, 0.29) is 4.47 Å². The molecule has 92 valence electrons. The molecular weight excluding hydrogens is 347 g/mol. The number of rotatable bonds is 1. The van der Waals surface area contributed by atoms with Gasteiger partial charge in [0.05, 0.1) is 22.1 Å². The van der Waals surface area contributed by atoms with Gasteiger partial charge in [0.2, 0.25) is 0 Å². The predicted molar refractivity (Wildman–Crippen MR) is 56.9 cm³/mol. The Morgan fingerprint density at radius 3 is 2.24 bits per heavy atom. The summed E-state index contributed by atoms with van der Waals surface area (Å²) in [6, 6.07) is 2.42. The van der Waals surface area contributed by atoms with Crippen molar-refractivity contribution >= 4 is 35.7 Å². The summed E-state index contributed by atoms with van der Waals surface area (Å²) in [6.45, 7) is 0. The molecule has 0 saturated carbocycles. The summed E-state index contributed by atoms with van der Waals surface area (Å²) in [7, 11) is 0.648. The monoisotopic (exact) mass is 347 g/mol. The Hall–Kier alpha value is -0.780. The van der Waals surface area contributed by atoms with Gasteiger partial charge in [-0.1, -0.05) is 0 Å². The van der Waals surface area contributed by atoms with Crippen molar-refractivity contribution in [2.75, 3.05) is 0 Å². The first-order valence-corrected chi connectivity index (χ1v) is 6.93. The molecule has 0 atom stereocenters. The van der Waals surface area contributed by atoms with E-state index in [0.29, 0.717) is 6.07 Å². The Kier molecular flexibility index (Phi) is 3.76. The van der Waals surface area contributed by atoms with E-state index in [0.717, 1.165) is 6.07 Å². The third-order valence-corrected chi connectivity index (χ3v) is 4.04. The third kappa shape index (κ3) is 3.12. The minimum Gasteiger partial charge on any atom is -0.207 e. The SMILES string of the molecule is N#Cc1cc(Br)c(S(=O)(=O)Cl)cc1C(F)(F)F. The highest BCUT2D eigenvalue weighted by Gasteiger charge is 2.35. The Morgan fingerprint density at radius 1 is 1.35 bits per heavy atom. The van der Waals surface area contributed by atoms with Crippen LogP contribution in [0.2, 0.25) is 0 Å². The second-order valence-corrected chi connectivity index (χ2v) is 6.26. The summed E-state index contributed by atoms with van der Waals surface area (Å²) in [4.78, 5) is -0.731. The van der Waals surface area contributed by atoms with Crippen LogP contribution in [-0.4, -0.2) is 8.42 Å². The van der Waals surface area contributed by atoms with Gasteiger partial charge >= 0.3 is 6.18 Å². The molecule has 0 radical (unpaired) electrons. The minimum absolute atomic E-state index is 0.197. The van der Waals surface area contributed by atoms with E-state index >= 15 is 0 Å². The first kappa shape index (κ1) is 14.3. The van der Waals surface area contributed by atoms with Crippen LogP contribution in [0.15, 0.2) is 21.5 Å². The van der Waals surface area contributed by atoms with Gasteiger partial charge in [0.15, 0.2) is 0 Å². The summed E-state index contributed by atoms with van der Waals surface area (Å²) >= 11 is 2.74. The maximum Gasteiger partial charge on any atom is 0.417 e. The van der Waals surface area contributed by atoms with Crippen molar-refractivity contribution in [3.05, 3.63) is 27.7 Å². The van der Waals surface area contributed by atoms with Crippen molar-refractivity contribution in [3.63, 3.8) is 0 Å². The number of hydrogen-bond acceptors (Lipinski definition) is 3. The van der Waals surface area contributed by atoms with Crippen molar-refractivity contribution in [1.82, 2.24) is 0 Å². The average Bonchev–Trinajstić information content (AvgIpc) is 2.13. The van der Waals surface area contributed by atoms with Crippen LogP contribution in [0.25, 0.3) is 0 Å². The number of nitriles is 1. The molecule has 1 aromatic rings.